The second kappa shape index (κ2) is 6.55. The predicted molar refractivity (Wildman–Crippen MR) is 84.5 cm³/mol. The van der Waals surface area contributed by atoms with E-state index in [9.17, 15) is 8.42 Å². The molecule has 0 bridgehead atoms. The molecule has 0 saturated heterocycles. The summed E-state index contributed by atoms with van der Waals surface area (Å²) in [6, 6.07) is 3.32. The Kier molecular flexibility index (Phi) is 5.18. The van der Waals surface area contributed by atoms with Crippen molar-refractivity contribution in [3.63, 3.8) is 0 Å². The van der Waals surface area contributed by atoms with Crippen molar-refractivity contribution in [2.24, 2.45) is 0 Å². The Labute approximate surface area is 139 Å². The van der Waals surface area contributed by atoms with Crippen LogP contribution in [0.25, 0.3) is 0 Å². The molecule has 2 rings (SSSR count). The van der Waals surface area contributed by atoms with Crippen LogP contribution < -0.4 is 4.72 Å². The minimum Gasteiger partial charge on any atom is -0.339 e. The van der Waals surface area contributed by atoms with Crippen LogP contribution in [0.1, 0.15) is 17.3 Å². The highest BCUT2D eigenvalue weighted by atomic mass is 79.9. The van der Waals surface area contributed by atoms with E-state index in [2.05, 4.69) is 46.7 Å². The number of aryl methyl sites for hydroxylation is 2. The van der Waals surface area contributed by atoms with Crippen LogP contribution in [-0.2, 0) is 16.4 Å². The molecule has 2 aromatic rings. The Morgan fingerprint density at radius 2 is 1.95 bits per heavy atom. The van der Waals surface area contributed by atoms with Gasteiger partial charge in [0.1, 0.15) is 0 Å². The number of aromatic nitrogens is 2. The Balaban J connectivity index is 2.10. The third-order valence-corrected chi connectivity index (χ3v) is 5.98. The Morgan fingerprint density at radius 3 is 2.57 bits per heavy atom. The first-order valence-corrected chi connectivity index (χ1v) is 9.11. The maximum Gasteiger partial charge on any atom is 0.241 e. The Bertz CT molecular complexity index is 759. The van der Waals surface area contributed by atoms with Crippen LogP contribution in [0.15, 0.2) is 30.5 Å². The molecule has 0 aliphatic rings. The van der Waals surface area contributed by atoms with Crippen molar-refractivity contribution in [2.45, 2.75) is 25.2 Å². The van der Waals surface area contributed by atoms with E-state index in [4.69, 9.17) is 4.52 Å². The minimum atomic E-state index is -3.61. The standard InChI is InChI=1S/C12H13Br2N3O3S/c1-7-5-10(14)11(6-9(7)13)21(18,19)15-4-3-12-16-8(2)17-20-12/h5-6,15H,3-4H2,1-2H3. The number of nitrogens with one attached hydrogen (secondary N) is 1. The molecule has 0 spiro atoms. The highest BCUT2D eigenvalue weighted by Gasteiger charge is 2.19. The van der Waals surface area contributed by atoms with Crippen molar-refractivity contribution in [1.82, 2.24) is 14.9 Å². The number of halogens is 2. The van der Waals surface area contributed by atoms with Crippen molar-refractivity contribution < 1.29 is 12.9 Å². The van der Waals surface area contributed by atoms with Crippen molar-refractivity contribution >= 4 is 41.9 Å². The maximum absolute atomic E-state index is 12.3. The lowest BCUT2D eigenvalue weighted by Gasteiger charge is -2.09. The number of rotatable bonds is 5. The summed E-state index contributed by atoms with van der Waals surface area (Å²) in [5, 5.41) is 3.65. The van der Waals surface area contributed by atoms with Gasteiger partial charge in [0.05, 0.1) is 4.90 Å². The molecule has 0 amide bonds. The van der Waals surface area contributed by atoms with E-state index >= 15 is 0 Å². The fourth-order valence-corrected chi connectivity index (χ4v) is 4.35. The third-order valence-electron chi connectivity index (χ3n) is 2.70. The van der Waals surface area contributed by atoms with E-state index in [1.165, 1.54) is 0 Å². The Hall–Kier alpha value is -0.770. The van der Waals surface area contributed by atoms with Gasteiger partial charge < -0.3 is 4.52 Å². The van der Waals surface area contributed by atoms with Crippen molar-refractivity contribution in [1.29, 1.82) is 0 Å². The largest absolute Gasteiger partial charge is 0.339 e. The number of benzene rings is 1. The first kappa shape index (κ1) is 16.6. The van der Waals surface area contributed by atoms with E-state index in [-0.39, 0.29) is 11.4 Å². The van der Waals surface area contributed by atoms with E-state index in [0.29, 0.717) is 22.6 Å². The van der Waals surface area contributed by atoms with Gasteiger partial charge in [-0.1, -0.05) is 21.1 Å². The zero-order valence-corrected chi connectivity index (χ0v) is 15.3. The second-order valence-electron chi connectivity index (χ2n) is 4.41. The van der Waals surface area contributed by atoms with Crippen molar-refractivity contribution in [2.75, 3.05) is 6.54 Å². The minimum absolute atomic E-state index is 0.182. The lowest BCUT2D eigenvalue weighted by atomic mass is 10.2. The predicted octanol–water partition coefficient (Wildman–Crippen LogP) is 2.73. The molecule has 1 N–H and O–H groups in total. The summed E-state index contributed by atoms with van der Waals surface area (Å²) in [7, 11) is -3.61. The summed E-state index contributed by atoms with van der Waals surface area (Å²) in [4.78, 5) is 4.20. The summed E-state index contributed by atoms with van der Waals surface area (Å²) in [5.41, 5.74) is 0.946. The van der Waals surface area contributed by atoms with Gasteiger partial charge in [-0.3, -0.25) is 0 Å². The van der Waals surface area contributed by atoms with Gasteiger partial charge in [0, 0.05) is 21.9 Å². The average molecular weight is 439 g/mol. The van der Waals surface area contributed by atoms with E-state index in [1.54, 1.807) is 19.1 Å². The summed E-state index contributed by atoms with van der Waals surface area (Å²) in [5.74, 6) is 0.928. The molecule has 0 atom stereocenters. The topological polar surface area (TPSA) is 85.1 Å². The first-order chi connectivity index (χ1) is 9.79. The van der Waals surface area contributed by atoms with Crippen LogP contribution in [0.2, 0.25) is 0 Å². The number of hydrogen-bond donors (Lipinski definition) is 1. The fourth-order valence-electron chi connectivity index (χ4n) is 1.65. The third kappa shape index (κ3) is 4.12. The first-order valence-electron chi connectivity index (χ1n) is 6.04. The molecule has 9 heteroatoms. The molecule has 1 aromatic heterocycles. The second-order valence-corrected chi connectivity index (χ2v) is 7.86. The quantitative estimate of drug-likeness (QED) is 0.775. The molecule has 0 fully saturated rings. The molecule has 0 aliphatic heterocycles. The molecule has 21 heavy (non-hydrogen) atoms. The molecule has 0 unspecified atom stereocenters. The van der Waals surface area contributed by atoms with E-state index < -0.39 is 10.0 Å². The molecular formula is C12H13Br2N3O3S. The molecule has 0 aliphatic carbocycles. The van der Waals surface area contributed by atoms with Gasteiger partial charge in [0.2, 0.25) is 15.9 Å². The van der Waals surface area contributed by atoms with Crippen molar-refractivity contribution in [3.05, 3.63) is 38.4 Å². The smallest absolute Gasteiger partial charge is 0.241 e. The molecule has 114 valence electrons. The molecule has 6 nitrogen and oxygen atoms in total. The van der Waals surface area contributed by atoms with E-state index in [1.807, 2.05) is 6.92 Å². The number of nitrogens with zero attached hydrogens (tertiary/aromatic N) is 2. The van der Waals surface area contributed by atoms with Crippen LogP contribution in [0.3, 0.4) is 0 Å². The summed E-state index contributed by atoms with van der Waals surface area (Å²) in [6.07, 6.45) is 0.338. The summed E-state index contributed by atoms with van der Waals surface area (Å²) < 4.78 is 33.3. The SMILES string of the molecule is Cc1noc(CCNS(=O)(=O)c2cc(Br)c(C)cc2Br)n1. The van der Waals surface area contributed by atoms with Gasteiger partial charge in [-0.25, -0.2) is 13.1 Å². The summed E-state index contributed by atoms with van der Waals surface area (Å²) >= 11 is 6.61. The average Bonchev–Trinajstić information content (AvgIpc) is 2.79. The van der Waals surface area contributed by atoms with Gasteiger partial charge in [-0.2, -0.15) is 4.98 Å². The van der Waals surface area contributed by atoms with Gasteiger partial charge in [-0.15, -0.1) is 0 Å². The number of hydrogen-bond acceptors (Lipinski definition) is 5. The number of sulfonamides is 1. The maximum atomic E-state index is 12.3. The molecule has 0 saturated carbocycles. The van der Waals surface area contributed by atoms with Crippen LogP contribution in [0.4, 0.5) is 0 Å². The molecule has 1 heterocycles. The lowest BCUT2D eigenvalue weighted by molar-refractivity contribution is 0.375. The normalized spacial score (nSPS) is 11.8. The van der Waals surface area contributed by atoms with E-state index in [0.717, 1.165) is 10.0 Å². The highest BCUT2D eigenvalue weighted by molar-refractivity contribution is 9.11. The lowest BCUT2D eigenvalue weighted by Crippen LogP contribution is -2.26. The monoisotopic (exact) mass is 437 g/mol. The van der Waals surface area contributed by atoms with Crippen LogP contribution >= 0.6 is 31.9 Å². The molecular weight excluding hydrogens is 426 g/mol. The van der Waals surface area contributed by atoms with Gasteiger partial charge in [0.15, 0.2) is 5.82 Å². The Morgan fingerprint density at radius 1 is 1.24 bits per heavy atom. The summed E-state index contributed by atoms with van der Waals surface area (Å²) in [6.45, 7) is 3.77. The van der Waals surface area contributed by atoms with Crippen LogP contribution in [0, 0.1) is 13.8 Å². The molecule has 0 radical (unpaired) electrons. The van der Waals surface area contributed by atoms with Crippen LogP contribution in [-0.4, -0.2) is 25.1 Å². The van der Waals surface area contributed by atoms with Gasteiger partial charge in [0.25, 0.3) is 0 Å². The van der Waals surface area contributed by atoms with Gasteiger partial charge >= 0.3 is 0 Å². The van der Waals surface area contributed by atoms with Crippen molar-refractivity contribution in [3.8, 4) is 0 Å². The zero-order valence-electron chi connectivity index (χ0n) is 11.4. The van der Waals surface area contributed by atoms with Crippen LogP contribution in [0.5, 0.6) is 0 Å². The zero-order chi connectivity index (χ0) is 15.6. The fraction of sp³-hybridized carbons (Fsp3) is 0.333. The molecule has 1 aromatic carbocycles. The van der Waals surface area contributed by atoms with Gasteiger partial charge in [-0.05, 0) is 47.5 Å². The highest BCUT2D eigenvalue weighted by Crippen LogP contribution is 2.28.